The molecular formula is C20H17N7O2. The molecule has 0 saturated heterocycles. The average Bonchev–Trinajstić information content (AvgIpc) is 3.34. The number of pyridine rings is 1. The quantitative estimate of drug-likeness (QED) is 0.508. The first-order valence-electron chi connectivity index (χ1n) is 9.23. The molecule has 1 aromatic carbocycles. The molecule has 29 heavy (non-hydrogen) atoms. The number of hydrogen-bond donors (Lipinski definition) is 1. The highest BCUT2D eigenvalue weighted by atomic mass is 16.2. The minimum Gasteiger partial charge on any atom is -0.323 e. The van der Waals surface area contributed by atoms with Crippen molar-refractivity contribution in [3.05, 3.63) is 71.2 Å². The van der Waals surface area contributed by atoms with Gasteiger partial charge < -0.3 is 5.32 Å². The zero-order valence-corrected chi connectivity index (χ0v) is 15.6. The summed E-state index contributed by atoms with van der Waals surface area (Å²) in [6.45, 7) is 1.80. The minimum absolute atomic E-state index is 0.177. The largest absolute Gasteiger partial charge is 0.323 e. The highest BCUT2D eigenvalue weighted by molar-refractivity contribution is 5.91. The van der Waals surface area contributed by atoms with E-state index < -0.39 is 0 Å². The molecular weight excluding hydrogens is 370 g/mol. The molecule has 0 radical (unpaired) electrons. The molecule has 0 spiro atoms. The summed E-state index contributed by atoms with van der Waals surface area (Å²) in [5.74, 6) is 0.383. The summed E-state index contributed by atoms with van der Waals surface area (Å²) in [4.78, 5) is 25.5. The van der Waals surface area contributed by atoms with Gasteiger partial charge in [0.05, 0.1) is 11.2 Å². The maximum absolute atomic E-state index is 13.0. The van der Waals surface area contributed by atoms with Crippen LogP contribution in [0, 0.1) is 0 Å². The molecule has 0 aliphatic rings. The van der Waals surface area contributed by atoms with E-state index in [1.54, 1.807) is 29.1 Å². The van der Waals surface area contributed by atoms with E-state index in [1.807, 2.05) is 41.7 Å². The Morgan fingerprint density at radius 2 is 2.00 bits per heavy atom. The number of aryl methyl sites for hydroxylation is 1. The molecule has 0 saturated carbocycles. The van der Waals surface area contributed by atoms with Gasteiger partial charge in [-0.2, -0.15) is 5.10 Å². The van der Waals surface area contributed by atoms with Gasteiger partial charge in [0, 0.05) is 18.0 Å². The van der Waals surface area contributed by atoms with Crippen LogP contribution in [0.25, 0.3) is 22.1 Å². The van der Waals surface area contributed by atoms with Crippen LogP contribution in [0.5, 0.6) is 0 Å². The number of aromatic nitrogens is 6. The Hall–Kier alpha value is -4.01. The van der Waals surface area contributed by atoms with Gasteiger partial charge in [-0.15, -0.1) is 10.2 Å². The number of amides is 1. The third kappa shape index (κ3) is 2.83. The lowest BCUT2D eigenvalue weighted by molar-refractivity contribution is -0.117. The summed E-state index contributed by atoms with van der Waals surface area (Å²) in [6, 6.07) is 13.1. The molecule has 0 unspecified atom stereocenters. The van der Waals surface area contributed by atoms with Gasteiger partial charge in [0.2, 0.25) is 5.91 Å². The van der Waals surface area contributed by atoms with E-state index in [1.165, 1.54) is 4.68 Å². The molecule has 0 atom stereocenters. The van der Waals surface area contributed by atoms with E-state index in [2.05, 4.69) is 20.6 Å². The Labute approximate surface area is 164 Å². The summed E-state index contributed by atoms with van der Waals surface area (Å²) >= 11 is 0. The third-order valence-corrected chi connectivity index (χ3v) is 4.84. The average molecular weight is 387 g/mol. The second-order valence-corrected chi connectivity index (χ2v) is 6.72. The Kier molecular flexibility index (Phi) is 3.87. The van der Waals surface area contributed by atoms with Crippen LogP contribution in [0.2, 0.25) is 0 Å². The predicted molar refractivity (Wildman–Crippen MR) is 108 cm³/mol. The van der Waals surface area contributed by atoms with Gasteiger partial charge in [-0.25, -0.2) is 4.68 Å². The highest BCUT2D eigenvalue weighted by Crippen LogP contribution is 2.19. The number of hydrogen-bond acceptors (Lipinski definition) is 5. The fourth-order valence-electron chi connectivity index (χ4n) is 3.53. The molecule has 144 valence electrons. The number of benzene rings is 1. The molecule has 0 fully saturated rings. The standard InChI is InChI=1S/C20H17N7O2/c1-2-17-24-26(20(29)16-9-13-5-3-4-6-15(13)27(16)17)11-19(28)22-14-7-8-18-23-21-12-25(18)10-14/h3-10,12H,2,11H2,1H3,(H,22,28). The van der Waals surface area contributed by atoms with Crippen LogP contribution in [-0.2, 0) is 17.8 Å². The minimum atomic E-state index is -0.338. The van der Waals surface area contributed by atoms with Crippen LogP contribution in [0.15, 0.2) is 59.8 Å². The van der Waals surface area contributed by atoms with E-state index >= 15 is 0 Å². The van der Waals surface area contributed by atoms with E-state index in [9.17, 15) is 9.59 Å². The SMILES string of the molecule is CCc1nn(CC(=O)Nc2ccc3nncn3c2)c(=O)c2cc3ccccc3n12. The van der Waals surface area contributed by atoms with Crippen molar-refractivity contribution in [1.29, 1.82) is 0 Å². The second-order valence-electron chi connectivity index (χ2n) is 6.72. The Morgan fingerprint density at radius 1 is 1.14 bits per heavy atom. The van der Waals surface area contributed by atoms with Gasteiger partial charge in [-0.1, -0.05) is 25.1 Å². The Morgan fingerprint density at radius 3 is 2.86 bits per heavy atom. The molecule has 5 aromatic rings. The topological polar surface area (TPSA) is 98.6 Å². The number of carbonyl (C=O) groups excluding carboxylic acids is 1. The number of nitrogens with zero attached hydrogens (tertiary/aromatic N) is 6. The molecule has 0 aliphatic heterocycles. The summed E-state index contributed by atoms with van der Waals surface area (Å²) in [5.41, 5.74) is 2.40. The lowest BCUT2D eigenvalue weighted by atomic mass is 10.2. The Bertz CT molecular complexity index is 1440. The van der Waals surface area contributed by atoms with Crippen molar-refractivity contribution in [1.82, 2.24) is 28.8 Å². The summed E-state index contributed by atoms with van der Waals surface area (Å²) in [6.07, 6.45) is 3.89. The number of carbonyl (C=O) groups is 1. The second kappa shape index (κ2) is 6.55. The first-order chi connectivity index (χ1) is 14.1. The van der Waals surface area contributed by atoms with E-state index in [-0.39, 0.29) is 18.0 Å². The van der Waals surface area contributed by atoms with Gasteiger partial charge >= 0.3 is 0 Å². The van der Waals surface area contributed by atoms with Crippen molar-refractivity contribution in [3.8, 4) is 0 Å². The first kappa shape index (κ1) is 17.1. The van der Waals surface area contributed by atoms with Crippen LogP contribution in [0.3, 0.4) is 0 Å². The van der Waals surface area contributed by atoms with Gasteiger partial charge in [0.25, 0.3) is 5.56 Å². The van der Waals surface area contributed by atoms with Crippen LogP contribution in [0.1, 0.15) is 12.7 Å². The summed E-state index contributed by atoms with van der Waals surface area (Å²) in [5, 5.41) is 15.9. The third-order valence-electron chi connectivity index (χ3n) is 4.84. The van der Waals surface area contributed by atoms with E-state index in [0.717, 1.165) is 16.7 Å². The van der Waals surface area contributed by atoms with Crippen LogP contribution in [0.4, 0.5) is 5.69 Å². The molecule has 9 nitrogen and oxygen atoms in total. The summed E-state index contributed by atoms with van der Waals surface area (Å²) < 4.78 is 4.79. The van der Waals surface area contributed by atoms with Crippen molar-refractivity contribution in [2.24, 2.45) is 0 Å². The lowest BCUT2D eigenvalue weighted by Crippen LogP contribution is -2.32. The van der Waals surface area contributed by atoms with Crippen LogP contribution in [-0.4, -0.2) is 34.7 Å². The van der Waals surface area contributed by atoms with Gasteiger partial charge in [0.15, 0.2) is 5.65 Å². The van der Waals surface area contributed by atoms with E-state index in [4.69, 9.17) is 0 Å². The predicted octanol–water partition coefficient (Wildman–Crippen LogP) is 1.89. The number of nitrogens with one attached hydrogen (secondary N) is 1. The molecule has 0 bridgehead atoms. The van der Waals surface area contributed by atoms with Gasteiger partial charge in [0.1, 0.15) is 24.2 Å². The fourth-order valence-corrected chi connectivity index (χ4v) is 3.53. The van der Waals surface area contributed by atoms with Crippen molar-refractivity contribution in [3.63, 3.8) is 0 Å². The zero-order valence-electron chi connectivity index (χ0n) is 15.6. The van der Waals surface area contributed by atoms with Crippen LogP contribution >= 0.6 is 0 Å². The van der Waals surface area contributed by atoms with Gasteiger partial charge in [-0.05, 0) is 24.3 Å². The summed E-state index contributed by atoms with van der Waals surface area (Å²) in [7, 11) is 0. The molecule has 5 rings (SSSR count). The molecule has 1 amide bonds. The maximum Gasteiger partial charge on any atom is 0.291 e. The zero-order chi connectivity index (χ0) is 20.0. The maximum atomic E-state index is 13.0. The molecule has 9 heteroatoms. The number of rotatable bonds is 4. The highest BCUT2D eigenvalue weighted by Gasteiger charge is 2.15. The first-order valence-corrected chi connectivity index (χ1v) is 9.23. The molecule has 4 heterocycles. The van der Waals surface area contributed by atoms with Crippen molar-refractivity contribution in [2.45, 2.75) is 19.9 Å². The van der Waals surface area contributed by atoms with Crippen molar-refractivity contribution < 1.29 is 4.79 Å². The molecule has 4 aromatic heterocycles. The number of fused-ring (bicyclic) bond motifs is 4. The normalized spacial score (nSPS) is 11.5. The lowest BCUT2D eigenvalue weighted by Gasteiger charge is -2.10. The smallest absolute Gasteiger partial charge is 0.291 e. The van der Waals surface area contributed by atoms with Crippen LogP contribution < -0.4 is 10.9 Å². The van der Waals surface area contributed by atoms with Gasteiger partial charge in [-0.3, -0.25) is 18.4 Å². The van der Waals surface area contributed by atoms with Crippen molar-refractivity contribution >= 4 is 33.7 Å². The number of anilines is 1. The monoisotopic (exact) mass is 387 g/mol. The van der Waals surface area contributed by atoms with E-state index in [0.29, 0.717) is 23.3 Å². The fraction of sp³-hybridized carbons (Fsp3) is 0.150. The Balaban J connectivity index is 1.51. The van der Waals surface area contributed by atoms with Crippen molar-refractivity contribution in [2.75, 3.05) is 5.32 Å². The molecule has 0 aliphatic carbocycles. The number of para-hydroxylation sites is 1. The molecule has 1 N–H and O–H groups in total.